The van der Waals surface area contributed by atoms with Crippen LogP contribution in [0.5, 0.6) is 0 Å². The van der Waals surface area contributed by atoms with Gasteiger partial charge in [-0.3, -0.25) is 0 Å². The average molecular weight is 298 g/mol. The molecule has 3 heteroatoms. The molecule has 0 aliphatic carbocycles. The lowest BCUT2D eigenvalue weighted by Gasteiger charge is -2.31. The summed E-state index contributed by atoms with van der Waals surface area (Å²) >= 11 is 0. The van der Waals surface area contributed by atoms with Crippen molar-refractivity contribution in [3.8, 4) is 0 Å². The van der Waals surface area contributed by atoms with Crippen molar-refractivity contribution >= 4 is 0 Å². The number of benzene rings is 2. The highest BCUT2D eigenvalue weighted by Crippen LogP contribution is 2.21. The zero-order valence-electron chi connectivity index (χ0n) is 12.7. The number of hydrogen-bond donors (Lipinski definition) is 0. The van der Waals surface area contributed by atoms with Gasteiger partial charge in [-0.2, -0.15) is 0 Å². The fourth-order valence-electron chi connectivity index (χ4n) is 2.57. The maximum absolute atomic E-state index is 6.02. The summed E-state index contributed by atoms with van der Waals surface area (Å²) in [5, 5.41) is 0. The Morgan fingerprint density at radius 1 is 0.818 bits per heavy atom. The van der Waals surface area contributed by atoms with E-state index in [9.17, 15) is 0 Å². The Bertz CT molecular complexity index is 490. The van der Waals surface area contributed by atoms with Crippen LogP contribution in [-0.4, -0.2) is 19.0 Å². The van der Waals surface area contributed by atoms with Gasteiger partial charge in [0.2, 0.25) is 0 Å². The molecule has 3 nitrogen and oxygen atoms in total. The van der Waals surface area contributed by atoms with Crippen LogP contribution in [-0.2, 0) is 27.4 Å². The van der Waals surface area contributed by atoms with Crippen LogP contribution < -0.4 is 0 Å². The minimum atomic E-state index is -0.280. The largest absolute Gasteiger partial charge is 0.368 e. The Labute approximate surface area is 131 Å². The molecule has 1 aliphatic rings. The molecule has 2 aromatic rings. The highest BCUT2D eigenvalue weighted by atomic mass is 16.7. The topological polar surface area (TPSA) is 27.7 Å². The zero-order valence-corrected chi connectivity index (χ0v) is 12.7. The molecule has 0 radical (unpaired) electrons. The summed E-state index contributed by atoms with van der Waals surface area (Å²) in [7, 11) is 0. The van der Waals surface area contributed by atoms with Crippen molar-refractivity contribution < 1.29 is 14.2 Å². The van der Waals surface area contributed by atoms with Crippen LogP contribution in [0.1, 0.15) is 24.0 Å². The van der Waals surface area contributed by atoms with E-state index < -0.39 is 0 Å². The number of hydrogen-bond acceptors (Lipinski definition) is 3. The highest BCUT2D eigenvalue weighted by molar-refractivity contribution is 5.14. The van der Waals surface area contributed by atoms with E-state index in [-0.39, 0.29) is 12.4 Å². The summed E-state index contributed by atoms with van der Waals surface area (Å²) in [5.74, 6) is 0. The van der Waals surface area contributed by atoms with E-state index in [2.05, 4.69) is 24.3 Å². The highest BCUT2D eigenvalue weighted by Gasteiger charge is 2.27. The lowest BCUT2D eigenvalue weighted by atomic mass is 10.1. The smallest absolute Gasteiger partial charge is 0.184 e. The van der Waals surface area contributed by atoms with E-state index >= 15 is 0 Å². The van der Waals surface area contributed by atoms with Crippen LogP contribution >= 0.6 is 0 Å². The normalized spacial score (nSPS) is 21.6. The van der Waals surface area contributed by atoms with Crippen LogP contribution in [0, 0.1) is 0 Å². The van der Waals surface area contributed by atoms with Crippen molar-refractivity contribution in [3.63, 3.8) is 0 Å². The molecule has 0 bridgehead atoms. The Morgan fingerprint density at radius 2 is 1.41 bits per heavy atom. The first-order chi connectivity index (χ1) is 10.9. The Morgan fingerprint density at radius 3 is 2.05 bits per heavy atom. The second-order valence-corrected chi connectivity index (χ2v) is 5.51. The average Bonchev–Trinajstić information content (AvgIpc) is 2.61. The molecule has 1 fully saturated rings. The van der Waals surface area contributed by atoms with Crippen molar-refractivity contribution in [3.05, 3.63) is 71.8 Å². The third-order valence-electron chi connectivity index (χ3n) is 3.78. The summed E-state index contributed by atoms with van der Waals surface area (Å²) in [6.07, 6.45) is 1.71. The summed E-state index contributed by atoms with van der Waals surface area (Å²) in [5.41, 5.74) is 2.33. The summed E-state index contributed by atoms with van der Waals surface area (Å²) in [6, 6.07) is 20.4. The molecule has 1 aliphatic heterocycles. The van der Waals surface area contributed by atoms with E-state index in [1.807, 2.05) is 36.4 Å². The second-order valence-electron chi connectivity index (χ2n) is 5.51. The van der Waals surface area contributed by atoms with Crippen molar-refractivity contribution in [2.75, 3.05) is 6.61 Å². The van der Waals surface area contributed by atoms with E-state index in [4.69, 9.17) is 14.2 Å². The maximum atomic E-state index is 6.02. The third-order valence-corrected chi connectivity index (χ3v) is 3.78. The van der Waals surface area contributed by atoms with Gasteiger partial charge in [0.05, 0.1) is 13.2 Å². The lowest BCUT2D eigenvalue weighted by Crippen LogP contribution is -2.38. The summed E-state index contributed by atoms with van der Waals surface area (Å²) in [6.45, 7) is 1.89. The zero-order chi connectivity index (χ0) is 15.0. The van der Waals surface area contributed by atoms with Gasteiger partial charge in [0.1, 0.15) is 6.10 Å². The molecule has 0 saturated carbocycles. The summed E-state index contributed by atoms with van der Waals surface area (Å²) < 4.78 is 17.7. The number of ether oxygens (including phenoxy) is 3. The molecule has 22 heavy (non-hydrogen) atoms. The maximum Gasteiger partial charge on any atom is 0.184 e. The van der Waals surface area contributed by atoms with Gasteiger partial charge in [-0.25, -0.2) is 0 Å². The molecule has 0 aromatic heterocycles. The van der Waals surface area contributed by atoms with Crippen LogP contribution in [0.2, 0.25) is 0 Å². The van der Waals surface area contributed by atoms with Gasteiger partial charge in [0.25, 0.3) is 0 Å². The van der Waals surface area contributed by atoms with Gasteiger partial charge in [-0.15, -0.1) is 0 Å². The van der Waals surface area contributed by atoms with Crippen molar-refractivity contribution in [2.24, 2.45) is 0 Å². The van der Waals surface area contributed by atoms with Gasteiger partial charge < -0.3 is 14.2 Å². The quantitative estimate of drug-likeness (QED) is 0.809. The lowest BCUT2D eigenvalue weighted by molar-refractivity contribution is -0.235. The Kier molecular flexibility index (Phi) is 5.59. The first kappa shape index (κ1) is 15.2. The predicted octanol–water partition coefficient (Wildman–Crippen LogP) is 3.93. The molecule has 2 atom stereocenters. The van der Waals surface area contributed by atoms with Gasteiger partial charge in [-0.05, 0) is 24.0 Å². The van der Waals surface area contributed by atoms with E-state index in [0.717, 1.165) is 25.0 Å². The first-order valence-corrected chi connectivity index (χ1v) is 7.84. The fourth-order valence-corrected chi connectivity index (χ4v) is 2.57. The monoisotopic (exact) mass is 298 g/mol. The molecule has 0 N–H and O–H groups in total. The molecule has 0 unspecified atom stereocenters. The molecule has 1 heterocycles. The van der Waals surface area contributed by atoms with Gasteiger partial charge in [0.15, 0.2) is 6.29 Å². The molecular formula is C19H22O3. The van der Waals surface area contributed by atoms with E-state index in [0.29, 0.717) is 13.2 Å². The van der Waals surface area contributed by atoms with E-state index in [1.165, 1.54) is 5.56 Å². The first-order valence-electron chi connectivity index (χ1n) is 7.84. The predicted molar refractivity (Wildman–Crippen MR) is 85.2 cm³/mol. The second kappa shape index (κ2) is 8.08. The van der Waals surface area contributed by atoms with Crippen molar-refractivity contribution in [2.45, 2.75) is 38.4 Å². The van der Waals surface area contributed by atoms with Crippen molar-refractivity contribution in [1.82, 2.24) is 0 Å². The van der Waals surface area contributed by atoms with Gasteiger partial charge in [0, 0.05) is 6.61 Å². The van der Waals surface area contributed by atoms with Crippen LogP contribution in [0.25, 0.3) is 0 Å². The molecular weight excluding hydrogens is 276 g/mol. The Balaban J connectivity index is 1.52. The molecule has 2 aromatic carbocycles. The molecule has 0 amide bonds. The molecule has 3 rings (SSSR count). The van der Waals surface area contributed by atoms with Crippen LogP contribution in [0.15, 0.2) is 60.7 Å². The molecule has 116 valence electrons. The number of rotatable bonds is 6. The Hall–Kier alpha value is -1.68. The fraction of sp³-hybridized carbons (Fsp3) is 0.368. The SMILES string of the molecule is c1ccc(CO[C@@H]2OCCC[C@@H]2OCc2ccccc2)cc1. The minimum Gasteiger partial charge on any atom is -0.368 e. The molecule has 1 saturated heterocycles. The van der Waals surface area contributed by atoms with E-state index in [1.54, 1.807) is 0 Å². The summed E-state index contributed by atoms with van der Waals surface area (Å²) in [4.78, 5) is 0. The van der Waals surface area contributed by atoms with Gasteiger partial charge in [-0.1, -0.05) is 60.7 Å². The third kappa shape index (κ3) is 4.41. The minimum absolute atomic E-state index is 0.00216. The standard InChI is InChI=1S/C19H22O3/c1-3-8-16(9-4-1)14-21-18-12-7-13-20-19(18)22-15-17-10-5-2-6-11-17/h1-6,8-11,18-19H,7,12-15H2/t18-,19-/m0/s1. The van der Waals surface area contributed by atoms with Gasteiger partial charge >= 0.3 is 0 Å². The van der Waals surface area contributed by atoms with Crippen LogP contribution in [0.4, 0.5) is 0 Å². The van der Waals surface area contributed by atoms with Crippen LogP contribution in [0.3, 0.4) is 0 Å². The molecule has 0 spiro atoms. The van der Waals surface area contributed by atoms with Crippen molar-refractivity contribution in [1.29, 1.82) is 0 Å².